The maximum atomic E-state index is 14.4. The summed E-state index contributed by atoms with van der Waals surface area (Å²) in [7, 11) is -5.38. The monoisotopic (exact) mass is 644 g/mol. The van der Waals surface area contributed by atoms with Crippen LogP contribution < -0.4 is 29.6 Å². The molecule has 0 amide bonds. The molecule has 2 aromatic carbocycles. The molecular formula is C19H9F16NaO3S. The van der Waals surface area contributed by atoms with Gasteiger partial charge in [0.05, 0.1) is 4.90 Å². The smallest absolute Gasteiger partial charge is 0.744 e. The van der Waals surface area contributed by atoms with Gasteiger partial charge in [-0.2, -0.15) is 61.5 Å². The van der Waals surface area contributed by atoms with Gasteiger partial charge in [-0.15, -0.1) is 0 Å². The van der Waals surface area contributed by atoms with E-state index in [-0.39, 0.29) is 29.6 Å². The fourth-order valence-electron chi connectivity index (χ4n) is 3.24. The second kappa shape index (κ2) is 10.6. The number of fused-ring (bicyclic) bond motifs is 1. The molecule has 0 aliphatic rings. The topological polar surface area (TPSA) is 57.2 Å². The molecule has 0 N–H and O–H groups in total. The summed E-state index contributed by atoms with van der Waals surface area (Å²) in [6, 6.07) is 3.62. The average Bonchev–Trinajstić information content (AvgIpc) is 2.77. The van der Waals surface area contributed by atoms with Gasteiger partial charge in [-0.05, 0) is 22.4 Å². The molecule has 0 unspecified atom stereocenters. The van der Waals surface area contributed by atoms with Crippen LogP contribution in [-0.4, -0.2) is 60.9 Å². The first kappa shape index (κ1) is 36.5. The van der Waals surface area contributed by atoms with Crippen molar-refractivity contribution < 1.29 is 113 Å². The van der Waals surface area contributed by atoms with E-state index in [9.17, 15) is 83.2 Å². The molecule has 21 heteroatoms. The van der Waals surface area contributed by atoms with Crippen LogP contribution in [0.2, 0.25) is 0 Å². The van der Waals surface area contributed by atoms with Crippen molar-refractivity contribution >= 4 is 20.9 Å². The van der Waals surface area contributed by atoms with E-state index in [1.54, 1.807) is 0 Å². The van der Waals surface area contributed by atoms with E-state index in [4.69, 9.17) is 0 Å². The van der Waals surface area contributed by atoms with Crippen molar-refractivity contribution in [2.24, 2.45) is 0 Å². The maximum Gasteiger partial charge on any atom is 1.00 e. The van der Waals surface area contributed by atoms with Crippen LogP contribution in [0.3, 0.4) is 0 Å². The Morgan fingerprint density at radius 1 is 0.625 bits per heavy atom. The molecule has 0 bridgehead atoms. The largest absolute Gasteiger partial charge is 1.00 e. The van der Waals surface area contributed by atoms with E-state index < -0.39 is 85.7 Å². The third kappa shape index (κ3) is 5.26. The first-order valence-corrected chi connectivity index (χ1v) is 10.9. The van der Waals surface area contributed by atoms with Gasteiger partial charge in [-0.25, -0.2) is 17.2 Å². The molecule has 0 fully saturated rings. The van der Waals surface area contributed by atoms with Crippen LogP contribution >= 0.6 is 0 Å². The summed E-state index contributed by atoms with van der Waals surface area (Å²) in [5, 5.41) is -1.63. The molecule has 222 valence electrons. The first-order chi connectivity index (χ1) is 17.1. The molecular weight excluding hydrogens is 635 g/mol. The Hall–Kier alpha value is -1.51. The second-order valence-electron chi connectivity index (χ2n) is 7.90. The van der Waals surface area contributed by atoms with Crippen molar-refractivity contribution in [3.63, 3.8) is 0 Å². The molecule has 0 saturated heterocycles. The zero-order valence-corrected chi connectivity index (χ0v) is 21.7. The summed E-state index contributed by atoms with van der Waals surface area (Å²) in [5.41, 5.74) is -1.29. The fraction of sp³-hybridized carbons (Fsp3) is 0.474. The van der Waals surface area contributed by atoms with E-state index in [1.807, 2.05) is 0 Å². The molecule has 0 radical (unpaired) electrons. The van der Waals surface area contributed by atoms with E-state index in [2.05, 4.69) is 0 Å². The summed E-state index contributed by atoms with van der Waals surface area (Å²) in [6.45, 7) is 0. The Kier molecular flexibility index (Phi) is 9.71. The molecule has 3 nitrogen and oxygen atoms in total. The summed E-state index contributed by atoms with van der Waals surface area (Å²) in [5.74, 6) is -55.4. The third-order valence-corrected chi connectivity index (χ3v) is 6.28. The van der Waals surface area contributed by atoms with Gasteiger partial charge in [0.2, 0.25) is 0 Å². The van der Waals surface area contributed by atoms with Crippen LogP contribution in [0.5, 0.6) is 0 Å². The fourth-order valence-corrected chi connectivity index (χ4v) is 3.93. The zero-order valence-electron chi connectivity index (χ0n) is 18.9. The molecule has 0 aliphatic carbocycles. The number of halogens is 16. The molecule has 2 aromatic rings. The first-order valence-electron chi connectivity index (χ1n) is 9.52. The minimum absolute atomic E-state index is 0. The van der Waals surface area contributed by atoms with Gasteiger partial charge in [0.1, 0.15) is 10.1 Å². The second-order valence-corrected chi connectivity index (χ2v) is 9.25. The van der Waals surface area contributed by atoms with Crippen LogP contribution in [0.15, 0.2) is 41.3 Å². The summed E-state index contributed by atoms with van der Waals surface area (Å²) >= 11 is 0. The van der Waals surface area contributed by atoms with Crippen molar-refractivity contribution in [3.8, 4) is 0 Å². The van der Waals surface area contributed by atoms with E-state index in [0.29, 0.717) is 30.3 Å². The molecule has 40 heavy (non-hydrogen) atoms. The SMILES string of the molecule is O=S(=O)([O-])c1cccc2c(CC(F)(F)C(F)(F)C(F)(F)C(F)(F)C(F)(F)C(F)(F)C(F)(F)C(F)F)cccc12.[Na+]. The van der Waals surface area contributed by atoms with E-state index in [0.717, 1.165) is 6.07 Å². The average molecular weight is 644 g/mol. The zero-order chi connectivity index (χ0) is 30.8. The Balaban J connectivity index is 0.00000800. The minimum atomic E-state index is -8.52. The van der Waals surface area contributed by atoms with Gasteiger partial charge in [0, 0.05) is 6.42 Å². The van der Waals surface area contributed by atoms with Crippen LogP contribution in [0.4, 0.5) is 70.2 Å². The predicted octanol–water partition coefficient (Wildman–Crippen LogP) is 4.00. The molecule has 2 rings (SSSR count). The Morgan fingerprint density at radius 2 is 1.02 bits per heavy atom. The van der Waals surface area contributed by atoms with Crippen molar-refractivity contribution in [2.75, 3.05) is 0 Å². The number of hydrogen-bond donors (Lipinski definition) is 0. The van der Waals surface area contributed by atoms with E-state index >= 15 is 0 Å². The standard InChI is InChI=1S/C19H10F16O3S.Na/c20-12(21)14(24,25)16(28,29)18(32,33)19(34,35)17(30,31)15(26,27)13(22,23)7-8-3-1-5-10-9(8)4-2-6-11(10)39(36,37)38;/h1-6,12H,7H2,(H,36,37,38);/q;+1/p-1. The normalized spacial score (nSPS) is 14.9. The van der Waals surface area contributed by atoms with Gasteiger partial charge in [-0.3, -0.25) is 0 Å². The van der Waals surface area contributed by atoms with Crippen molar-refractivity contribution in [3.05, 3.63) is 42.0 Å². The van der Waals surface area contributed by atoms with Gasteiger partial charge < -0.3 is 4.55 Å². The Bertz CT molecular complexity index is 1340. The minimum Gasteiger partial charge on any atom is -0.744 e. The quantitative estimate of drug-likeness (QED) is 0.224. The third-order valence-electron chi connectivity index (χ3n) is 5.38. The number of rotatable bonds is 10. The number of alkyl halides is 16. The molecule has 0 spiro atoms. The van der Waals surface area contributed by atoms with E-state index in [1.165, 1.54) is 0 Å². The molecule has 0 atom stereocenters. The molecule has 0 saturated carbocycles. The van der Waals surface area contributed by atoms with Gasteiger partial charge in [0.25, 0.3) is 0 Å². The summed E-state index contributed by atoms with van der Waals surface area (Å²) in [4.78, 5) is -1.16. The molecule has 0 heterocycles. The van der Waals surface area contributed by atoms with Gasteiger partial charge in [0.15, 0.2) is 0 Å². The van der Waals surface area contributed by atoms with Crippen LogP contribution in [0.1, 0.15) is 5.56 Å². The van der Waals surface area contributed by atoms with Gasteiger partial charge >= 0.3 is 77.4 Å². The number of benzene rings is 2. The summed E-state index contributed by atoms with van der Waals surface area (Å²) in [6.07, 6.45) is -8.76. The maximum absolute atomic E-state index is 14.4. The van der Waals surface area contributed by atoms with Crippen LogP contribution in [0, 0.1) is 0 Å². The number of hydrogen-bond acceptors (Lipinski definition) is 3. The van der Waals surface area contributed by atoms with Crippen LogP contribution in [0.25, 0.3) is 10.8 Å². The van der Waals surface area contributed by atoms with Crippen molar-refractivity contribution in [1.82, 2.24) is 0 Å². The van der Waals surface area contributed by atoms with Gasteiger partial charge in [-0.1, -0.05) is 30.3 Å². The van der Waals surface area contributed by atoms with Crippen molar-refractivity contribution in [2.45, 2.75) is 59.2 Å². The molecule has 0 aliphatic heterocycles. The van der Waals surface area contributed by atoms with Crippen LogP contribution in [-0.2, 0) is 16.5 Å². The summed E-state index contributed by atoms with van der Waals surface area (Å²) < 4.78 is 250. The Labute approximate surface area is 234 Å². The van der Waals surface area contributed by atoms with Crippen molar-refractivity contribution in [1.29, 1.82) is 0 Å². The molecule has 0 aromatic heterocycles. The Morgan fingerprint density at radius 3 is 1.48 bits per heavy atom. The predicted molar refractivity (Wildman–Crippen MR) is 96.2 cm³/mol.